The molecule has 25 heavy (non-hydrogen) atoms. The van der Waals surface area contributed by atoms with Crippen LogP contribution in [0, 0.1) is 5.82 Å². The highest BCUT2D eigenvalue weighted by Crippen LogP contribution is 2.11. The summed E-state index contributed by atoms with van der Waals surface area (Å²) >= 11 is 0. The van der Waals surface area contributed by atoms with Crippen LogP contribution in [0.5, 0.6) is 0 Å². The second-order valence-electron chi connectivity index (χ2n) is 5.99. The molecule has 0 aliphatic carbocycles. The fourth-order valence-electron chi connectivity index (χ4n) is 2.82. The average Bonchev–Trinajstić information content (AvgIpc) is 3.05. The Labute approximate surface area is 144 Å². The lowest BCUT2D eigenvalue weighted by molar-refractivity contribution is -0.137. The molecule has 0 saturated carbocycles. The van der Waals surface area contributed by atoms with Crippen molar-refractivity contribution in [1.29, 1.82) is 0 Å². The Balaban J connectivity index is 1.52. The lowest BCUT2D eigenvalue weighted by Crippen LogP contribution is -2.48. The first-order valence-corrected chi connectivity index (χ1v) is 8.02. The van der Waals surface area contributed by atoms with Crippen LogP contribution in [0.4, 0.5) is 4.39 Å². The molecule has 1 aromatic heterocycles. The van der Waals surface area contributed by atoms with Crippen molar-refractivity contribution < 1.29 is 19.1 Å². The van der Waals surface area contributed by atoms with E-state index in [1.165, 1.54) is 29.1 Å². The van der Waals surface area contributed by atoms with Crippen molar-refractivity contribution in [2.75, 3.05) is 26.2 Å². The molecule has 3 rings (SSSR count). The summed E-state index contributed by atoms with van der Waals surface area (Å²) in [5, 5.41) is 12.8. The van der Waals surface area contributed by atoms with E-state index in [2.05, 4.69) is 10.00 Å². The Bertz CT molecular complexity index is 752. The van der Waals surface area contributed by atoms with Crippen LogP contribution in [0.1, 0.15) is 16.1 Å². The van der Waals surface area contributed by atoms with Crippen LogP contribution in [0.25, 0.3) is 0 Å². The molecular formula is C17H19FN4O3. The van der Waals surface area contributed by atoms with Gasteiger partial charge in [-0.25, -0.2) is 4.39 Å². The van der Waals surface area contributed by atoms with Crippen LogP contribution in [-0.4, -0.2) is 62.7 Å². The minimum Gasteiger partial charge on any atom is -0.480 e. The molecule has 0 atom stereocenters. The number of hydrogen-bond donors (Lipinski definition) is 1. The maximum absolute atomic E-state index is 12.9. The summed E-state index contributed by atoms with van der Waals surface area (Å²) in [4.78, 5) is 27.0. The summed E-state index contributed by atoms with van der Waals surface area (Å²) in [7, 11) is 0. The number of carbonyl (C=O) groups excluding carboxylic acids is 1. The summed E-state index contributed by atoms with van der Waals surface area (Å²) in [5.41, 5.74) is 1.29. The molecule has 132 valence electrons. The van der Waals surface area contributed by atoms with Crippen LogP contribution >= 0.6 is 0 Å². The van der Waals surface area contributed by atoms with Gasteiger partial charge in [-0.15, -0.1) is 0 Å². The van der Waals surface area contributed by atoms with Gasteiger partial charge in [0.1, 0.15) is 18.1 Å². The van der Waals surface area contributed by atoms with E-state index in [1.807, 2.05) is 0 Å². The van der Waals surface area contributed by atoms with E-state index in [-0.39, 0.29) is 24.0 Å². The molecule has 1 fully saturated rings. The number of carbonyl (C=O) groups is 2. The summed E-state index contributed by atoms with van der Waals surface area (Å²) < 4.78 is 14.2. The third kappa shape index (κ3) is 4.42. The Morgan fingerprint density at radius 3 is 2.40 bits per heavy atom. The molecule has 1 aliphatic rings. The first-order valence-electron chi connectivity index (χ1n) is 8.02. The standard InChI is InChI=1S/C17H19FN4O3/c18-14-3-1-13(2-4-14)11-20-7-9-21(10-8-20)17(25)15-5-6-22(19-15)12-16(23)24/h1-6H,7-12H2,(H,23,24). The molecule has 8 heteroatoms. The number of benzene rings is 1. The predicted molar refractivity (Wildman–Crippen MR) is 87.4 cm³/mol. The highest BCUT2D eigenvalue weighted by atomic mass is 19.1. The van der Waals surface area contributed by atoms with Crippen molar-refractivity contribution in [3.8, 4) is 0 Å². The molecular weight excluding hydrogens is 327 g/mol. The van der Waals surface area contributed by atoms with Gasteiger partial charge in [-0.05, 0) is 23.8 Å². The number of rotatable bonds is 5. The first kappa shape index (κ1) is 17.1. The second kappa shape index (κ2) is 7.43. The second-order valence-corrected chi connectivity index (χ2v) is 5.99. The molecule has 0 unspecified atom stereocenters. The van der Waals surface area contributed by atoms with Crippen LogP contribution in [0.2, 0.25) is 0 Å². The van der Waals surface area contributed by atoms with E-state index in [0.29, 0.717) is 13.1 Å². The number of hydrogen-bond acceptors (Lipinski definition) is 4. The quantitative estimate of drug-likeness (QED) is 0.876. The van der Waals surface area contributed by atoms with Crippen molar-refractivity contribution in [2.45, 2.75) is 13.1 Å². The molecule has 1 N–H and O–H groups in total. The van der Waals surface area contributed by atoms with Crippen molar-refractivity contribution in [2.24, 2.45) is 0 Å². The monoisotopic (exact) mass is 346 g/mol. The van der Waals surface area contributed by atoms with Gasteiger partial charge in [0, 0.05) is 38.9 Å². The fourth-order valence-corrected chi connectivity index (χ4v) is 2.82. The maximum atomic E-state index is 12.9. The Hall–Kier alpha value is -2.74. The number of carboxylic acids is 1. The van der Waals surface area contributed by atoms with Gasteiger partial charge in [-0.2, -0.15) is 5.10 Å². The zero-order valence-electron chi connectivity index (χ0n) is 13.6. The number of amides is 1. The molecule has 7 nitrogen and oxygen atoms in total. The lowest BCUT2D eigenvalue weighted by atomic mass is 10.2. The van der Waals surface area contributed by atoms with Gasteiger partial charge >= 0.3 is 5.97 Å². The SMILES string of the molecule is O=C(O)Cn1ccc(C(=O)N2CCN(Cc3ccc(F)cc3)CC2)n1. The Morgan fingerprint density at radius 1 is 1.08 bits per heavy atom. The van der Waals surface area contributed by atoms with Crippen LogP contribution in [-0.2, 0) is 17.9 Å². The summed E-state index contributed by atoms with van der Waals surface area (Å²) in [6.45, 7) is 3.05. The van der Waals surface area contributed by atoms with Gasteiger partial charge in [0.25, 0.3) is 5.91 Å². The number of aliphatic carboxylic acids is 1. The van der Waals surface area contributed by atoms with Crippen molar-refractivity contribution >= 4 is 11.9 Å². The molecule has 0 radical (unpaired) electrons. The fraction of sp³-hybridized carbons (Fsp3) is 0.353. The van der Waals surface area contributed by atoms with E-state index in [1.54, 1.807) is 17.0 Å². The Kier molecular flexibility index (Phi) is 5.08. The molecule has 1 aliphatic heterocycles. The minimum atomic E-state index is -1.00. The molecule has 1 amide bonds. The molecule has 1 aromatic carbocycles. The van der Waals surface area contributed by atoms with Gasteiger partial charge in [0.2, 0.25) is 0 Å². The normalized spacial score (nSPS) is 15.3. The summed E-state index contributed by atoms with van der Waals surface area (Å²) in [5.74, 6) is -1.44. The van der Waals surface area contributed by atoms with E-state index < -0.39 is 5.97 Å². The number of carboxylic acid groups (broad SMARTS) is 1. The van der Waals surface area contributed by atoms with E-state index >= 15 is 0 Å². The van der Waals surface area contributed by atoms with Crippen LogP contribution in [0.15, 0.2) is 36.5 Å². The molecule has 2 aromatic rings. The Morgan fingerprint density at radius 2 is 1.76 bits per heavy atom. The predicted octanol–water partition coefficient (Wildman–Crippen LogP) is 1.06. The van der Waals surface area contributed by atoms with E-state index in [9.17, 15) is 14.0 Å². The van der Waals surface area contributed by atoms with Crippen molar-refractivity contribution in [3.05, 3.63) is 53.6 Å². The molecule has 2 heterocycles. The van der Waals surface area contributed by atoms with Crippen LogP contribution in [0.3, 0.4) is 0 Å². The third-order valence-corrected chi connectivity index (χ3v) is 4.14. The zero-order valence-corrected chi connectivity index (χ0v) is 13.6. The van der Waals surface area contributed by atoms with Gasteiger partial charge < -0.3 is 10.0 Å². The van der Waals surface area contributed by atoms with Crippen molar-refractivity contribution in [3.63, 3.8) is 0 Å². The third-order valence-electron chi connectivity index (χ3n) is 4.14. The maximum Gasteiger partial charge on any atom is 0.325 e. The highest BCUT2D eigenvalue weighted by Gasteiger charge is 2.23. The zero-order chi connectivity index (χ0) is 17.8. The van der Waals surface area contributed by atoms with Crippen molar-refractivity contribution in [1.82, 2.24) is 19.6 Å². The number of halogens is 1. The van der Waals surface area contributed by atoms with Gasteiger partial charge in [-0.1, -0.05) is 12.1 Å². The molecule has 1 saturated heterocycles. The van der Waals surface area contributed by atoms with Gasteiger partial charge in [0.15, 0.2) is 0 Å². The first-order chi connectivity index (χ1) is 12.0. The summed E-state index contributed by atoms with van der Waals surface area (Å²) in [6, 6.07) is 7.96. The smallest absolute Gasteiger partial charge is 0.325 e. The molecule has 0 bridgehead atoms. The van der Waals surface area contributed by atoms with E-state index in [4.69, 9.17) is 5.11 Å². The topological polar surface area (TPSA) is 78.7 Å². The number of piperazine rings is 1. The van der Waals surface area contributed by atoms with E-state index in [0.717, 1.165) is 25.2 Å². The number of nitrogens with zero attached hydrogens (tertiary/aromatic N) is 4. The minimum absolute atomic E-state index is 0.189. The lowest BCUT2D eigenvalue weighted by Gasteiger charge is -2.34. The average molecular weight is 346 g/mol. The van der Waals surface area contributed by atoms with Crippen LogP contribution < -0.4 is 0 Å². The largest absolute Gasteiger partial charge is 0.480 e. The summed E-state index contributed by atoms with van der Waals surface area (Å²) in [6.07, 6.45) is 1.49. The number of aromatic nitrogens is 2. The van der Waals surface area contributed by atoms with Gasteiger partial charge in [0.05, 0.1) is 0 Å². The highest BCUT2D eigenvalue weighted by molar-refractivity contribution is 5.92. The van der Waals surface area contributed by atoms with Gasteiger partial charge in [-0.3, -0.25) is 19.2 Å². The molecule has 0 spiro atoms.